The Morgan fingerprint density at radius 3 is 2.25 bits per heavy atom. The van der Waals surface area contributed by atoms with Crippen LogP contribution in [0.15, 0.2) is 16.3 Å². The van der Waals surface area contributed by atoms with Crippen molar-refractivity contribution in [3.05, 3.63) is 16.3 Å². The summed E-state index contributed by atoms with van der Waals surface area (Å²) in [7, 11) is -3.68. The van der Waals surface area contributed by atoms with Crippen LogP contribution < -0.4 is 0 Å². The third-order valence-electron chi connectivity index (χ3n) is 3.76. The number of hydrogen-bond acceptors (Lipinski definition) is 4. The van der Waals surface area contributed by atoms with Gasteiger partial charge >= 0.3 is 5.97 Å². The molecular weight excluding hydrogens is 298 g/mol. The van der Waals surface area contributed by atoms with Crippen LogP contribution in [0.2, 0.25) is 0 Å². The Bertz CT molecular complexity index is 600. The highest BCUT2D eigenvalue weighted by molar-refractivity contribution is 7.89. The third kappa shape index (κ3) is 2.89. The van der Waals surface area contributed by atoms with Crippen molar-refractivity contribution in [1.29, 1.82) is 0 Å². The van der Waals surface area contributed by atoms with Gasteiger partial charge in [0.1, 0.15) is 9.77 Å². The van der Waals surface area contributed by atoms with E-state index in [1.165, 1.54) is 15.8 Å². The van der Waals surface area contributed by atoms with E-state index < -0.39 is 16.0 Å². The predicted octanol–water partition coefficient (Wildman–Crippen LogP) is 2.26. The quantitative estimate of drug-likeness (QED) is 0.837. The van der Waals surface area contributed by atoms with E-state index in [1.54, 1.807) is 0 Å². The van der Waals surface area contributed by atoms with Gasteiger partial charge < -0.3 is 5.11 Å². The van der Waals surface area contributed by atoms with E-state index in [0.29, 0.717) is 24.9 Å². The number of carbonyl (C=O) groups is 1. The summed E-state index contributed by atoms with van der Waals surface area (Å²) in [5.74, 6) is -0.262. The summed E-state index contributed by atoms with van der Waals surface area (Å²) < 4.78 is 26.9. The zero-order valence-corrected chi connectivity index (χ0v) is 12.6. The van der Waals surface area contributed by atoms with Crippen molar-refractivity contribution in [2.75, 3.05) is 13.1 Å². The summed E-state index contributed by atoms with van der Waals surface area (Å²) in [6.45, 7) is 1.07. The van der Waals surface area contributed by atoms with Gasteiger partial charge in [-0.25, -0.2) is 13.2 Å². The number of rotatable bonds is 7. The molecule has 0 radical (unpaired) electrons. The SMILES string of the molecule is O=C(O)c1sccc1S(=O)(=O)N(CC1CC1)CC1CC1. The normalized spacial score (nSPS) is 19.4. The fraction of sp³-hybridized carbons (Fsp3) is 0.615. The summed E-state index contributed by atoms with van der Waals surface area (Å²) in [5, 5.41) is 10.6. The van der Waals surface area contributed by atoms with Gasteiger partial charge in [0, 0.05) is 13.1 Å². The van der Waals surface area contributed by atoms with Gasteiger partial charge in [0.15, 0.2) is 0 Å². The van der Waals surface area contributed by atoms with Gasteiger partial charge in [-0.05, 0) is 49.0 Å². The highest BCUT2D eigenvalue weighted by atomic mass is 32.2. The van der Waals surface area contributed by atoms with Gasteiger partial charge in [-0.15, -0.1) is 11.3 Å². The summed E-state index contributed by atoms with van der Waals surface area (Å²) in [6.07, 6.45) is 4.30. The van der Waals surface area contributed by atoms with Gasteiger partial charge in [-0.2, -0.15) is 4.31 Å². The standard InChI is InChI=1S/C13H17NO4S2/c15-13(16)12-11(5-6-19-12)20(17,18)14(7-9-1-2-9)8-10-3-4-10/h5-6,9-10H,1-4,7-8H2,(H,15,16). The smallest absolute Gasteiger partial charge is 0.347 e. The van der Waals surface area contributed by atoms with Crippen molar-refractivity contribution >= 4 is 27.3 Å². The number of hydrogen-bond donors (Lipinski definition) is 1. The Labute approximate surface area is 122 Å². The van der Waals surface area contributed by atoms with E-state index in [2.05, 4.69) is 0 Å². The number of nitrogens with zero attached hydrogens (tertiary/aromatic N) is 1. The van der Waals surface area contributed by atoms with Gasteiger partial charge in [0.2, 0.25) is 10.0 Å². The molecular formula is C13H17NO4S2. The minimum atomic E-state index is -3.68. The second-order valence-corrected chi connectivity index (χ2v) is 8.45. The minimum Gasteiger partial charge on any atom is -0.477 e. The summed E-state index contributed by atoms with van der Waals surface area (Å²) in [6, 6.07) is 1.41. The Kier molecular flexibility index (Phi) is 3.60. The van der Waals surface area contributed by atoms with Gasteiger partial charge in [-0.3, -0.25) is 0 Å². The topological polar surface area (TPSA) is 74.7 Å². The number of aromatic carboxylic acids is 1. The Morgan fingerprint density at radius 2 is 1.80 bits per heavy atom. The summed E-state index contributed by atoms with van der Waals surface area (Å²) in [5.41, 5.74) is 0. The van der Waals surface area contributed by atoms with Crippen molar-refractivity contribution in [2.45, 2.75) is 30.6 Å². The van der Waals surface area contributed by atoms with Gasteiger partial charge in [0.05, 0.1) is 0 Å². The molecule has 2 saturated carbocycles. The first-order valence-electron chi connectivity index (χ1n) is 6.79. The average molecular weight is 315 g/mol. The third-order valence-corrected chi connectivity index (χ3v) is 6.66. The fourth-order valence-electron chi connectivity index (χ4n) is 2.24. The highest BCUT2D eigenvalue weighted by Crippen LogP contribution is 2.37. The van der Waals surface area contributed by atoms with Crippen LogP contribution in [0.25, 0.3) is 0 Å². The summed E-state index contributed by atoms with van der Waals surface area (Å²) in [4.78, 5) is 11.0. The number of sulfonamides is 1. The Morgan fingerprint density at radius 1 is 1.25 bits per heavy atom. The van der Waals surface area contributed by atoms with Gasteiger partial charge in [0.25, 0.3) is 0 Å². The molecule has 1 N–H and O–H groups in total. The zero-order chi connectivity index (χ0) is 14.3. The van der Waals surface area contributed by atoms with E-state index in [4.69, 9.17) is 5.11 Å². The van der Waals surface area contributed by atoms with Crippen molar-refractivity contribution in [1.82, 2.24) is 4.31 Å². The highest BCUT2D eigenvalue weighted by Gasteiger charge is 2.37. The largest absolute Gasteiger partial charge is 0.477 e. The molecule has 1 heterocycles. The molecule has 1 aromatic rings. The monoisotopic (exact) mass is 315 g/mol. The molecule has 110 valence electrons. The maximum absolute atomic E-state index is 12.7. The molecule has 20 heavy (non-hydrogen) atoms. The maximum atomic E-state index is 12.7. The second kappa shape index (κ2) is 5.13. The average Bonchev–Trinajstić information content (AvgIpc) is 3.30. The van der Waals surface area contributed by atoms with Crippen LogP contribution >= 0.6 is 11.3 Å². The Hall–Kier alpha value is -0.920. The van der Waals surface area contributed by atoms with Gasteiger partial charge in [-0.1, -0.05) is 0 Å². The summed E-state index contributed by atoms with van der Waals surface area (Å²) >= 11 is 0.966. The first-order valence-corrected chi connectivity index (χ1v) is 9.11. The Balaban J connectivity index is 1.89. The molecule has 7 heteroatoms. The molecule has 0 spiro atoms. The number of carboxylic acid groups (broad SMARTS) is 1. The van der Waals surface area contributed by atoms with E-state index in [-0.39, 0.29) is 9.77 Å². The van der Waals surface area contributed by atoms with Crippen LogP contribution in [0.1, 0.15) is 35.4 Å². The lowest BCUT2D eigenvalue weighted by Crippen LogP contribution is -2.35. The maximum Gasteiger partial charge on any atom is 0.347 e. The molecule has 0 bridgehead atoms. The molecule has 2 aliphatic rings. The zero-order valence-electron chi connectivity index (χ0n) is 11.0. The van der Waals surface area contributed by atoms with Crippen molar-refractivity contribution < 1.29 is 18.3 Å². The lowest BCUT2D eigenvalue weighted by molar-refractivity contribution is 0.0698. The molecule has 0 aliphatic heterocycles. The lowest BCUT2D eigenvalue weighted by Gasteiger charge is -2.21. The van der Waals surface area contributed by atoms with Crippen LogP contribution in [-0.4, -0.2) is 36.9 Å². The van der Waals surface area contributed by atoms with E-state index in [1.807, 2.05) is 0 Å². The van der Waals surface area contributed by atoms with E-state index in [0.717, 1.165) is 37.0 Å². The van der Waals surface area contributed by atoms with E-state index in [9.17, 15) is 13.2 Å². The molecule has 0 amide bonds. The number of carboxylic acids is 1. The number of thiophene rings is 1. The molecule has 1 aromatic heterocycles. The lowest BCUT2D eigenvalue weighted by atomic mass is 10.4. The molecule has 2 fully saturated rings. The first kappa shape index (κ1) is 14.0. The molecule has 3 rings (SSSR count). The first-order chi connectivity index (χ1) is 9.48. The van der Waals surface area contributed by atoms with Crippen molar-refractivity contribution in [3.63, 3.8) is 0 Å². The minimum absolute atomic E-state index is 0.0451. The molecule has 0 saturated heterocycles. The van der Waals surface area contributed by atoms with Crippen LogP contribution in [0.4, 0.5) is 0 Å². The predicted molar refractivity (Wildman–Crippen MR) is 75.5 cm³/mol. The molecule has 0 aromatic carbocycles. The molecule has 2 aliphatic carbocycles. The van der Waals surface area contributed by atoms with Crippen LogP contribution in [0.3, 0.4) is 0 Å². The van der Waals surface area contributed by atoms with Crippen LogP contribution in [0.5, 0.6) is 0 Å². The van der Waals surface area contributed by atoms with E-state index >= 15 is 0 Å². The van der Waals surface area contributed by atoms with Crippen molar-refractivity contribution in [3.8, 4) is 0 Å². The van der Waals surface area contributed by atoms with Crippen molar-refractivity contribution in [2.24, 2.45) is 11.8 Å². The molecule has 0 atom stereocenters. The fourth-order valence-corrected chi connectivity index (χ4v) is 5.07. The second-order valence-electron chi connectivity index (χ2n) is 5.63. The van der Waals surface area contributed by atoms with Crippen LogP contribution in [0, 0.1) is 11.8 Å². The molecule has 0 unspecified atom stereocenters. The molecule has 5 nitrogen and oxygen atoms in total. The van der Waals surface area contributed by atoms with Crippen LogP contribution in [-0.2, 0) is 10.0 Å².